The van der Waals surface area contributed by atoms with Crippen molar-refractivity contribution in [2.24, 2.45) is 5.73 Å². The molecule has 1 atom stereocenters. The molecule has 1 aliphatic carbocycles. The van der Waals surface area contributed by atoms with Gasteiger partial charge in [0.05, 0.1) is 0 Å². The van der Waals surface area contributed by atoms with Gasteiger partial charge in [0, 0.05) is 6.04 Å². The van der Waals surface area contributed by atoms with Gasteiger partial charge in [0.1, 0.15) is 0 Å². The molecule has 0 amide bonds. The normalized spacial score (nSPS) is 27.8. The highest BCUT2D eigenvalue weighted by atomic mass is 32.1. The lowest BCUT2D eigenvalue weighted by molar-refractivity contribution is 0.818. The molecule has 0 aromatic carbocycles. The van der Waals surface area contributed by atoms with Crippen LogP contribution in [0.2, 0.25) is 0 Å². The first-order valence-corrected chi connectivity index (χ1v) is 3.05. The number of hydrogen-bond donors (Lipinski definition) is 2. The zero-order chi connectivity index (χ0) is 5.98. The second-order valence-corrected chi connectivity index (χ2v) is 2.49. The molecule has 2 N–H and O–H groups in total. The SMILES string of the molecule is NC1C=CC=C(S)C1. The average molecular weight is 127 g/mol. The van der Waals surface area contributed by atoms with Crippen LogP contribution >= 0.6 is 12.6 Å². The maximum absolute atomic E-state index is 5.55. The lowest BCUT2D eigenvalue weighted by Gasteiger charge is -2.08. The summed E-state index contributed by atoms with van der Waals surface area (Å²) < 4.78 is 0. The Morgan fingerprint density at radius 3 is 2.88 bits per heavy atom. The molecule has 0 spiro atoms. The summed E-state index contributed by atoms with van der Waals surface area (Å²) in [6, 6.07) is 0.187. The molecule has 44 valence electrons. The van der Waals surface area contributed by atoms with Gasteiger partial charge >= 0.3 is 0 Å². The summed E-state index contributed by atoms with van der Waals surface area (Å²) in [5.41, 5.74) is 5.55. The van der Waals surface area contributed by atoms with Gasteiger partial charge in [0.15, 0.2) is 0 Å². The Bertz CT molecular complexity index is 137. The number of hydrogen-bond acceptors (Lipinski definition) is 2. The fourth-order valence-electron chi connectivity index (χ4n) is 0.687. The minimum Gasteiger partial charge on any atom is -0.324 e. The van der Waals surface area contributed by atoms with Gasteiger partial charge in [-0.2, -0.15) is 0 Å². The molecular formula is C6H9NS. The molecule has 1 unspecified atom stereocenters. The van der Waals surface area contributed by atoms with Crippen LogP contribution in [-0.4, -0.2) is 6.04 Å². The number of allylic oxidation sites excluding steroid dienone is 2. The quantitative estimate of drug-likeness (QED) is 0.468. The summed E-state index contributed by atoms with van der Waals surface area (Å²) >= 11 is 4.15. The van der Waals surface area contributed by atoms with Crippen molar-refractivity contribution >= 4 is 12.6 Å². The third-order valence-electron chi connectivity index (χ3n) is 1.09. The fourth-order valence-corrected chi connectivity index (χ4v) is 0.984. The molecule has 0 fully saturated rings. The first-order chi connectivity index (χ1) is 3.79. The van der Waals surface area contributed by atoms with E-state index < -0.39 is 0 Å². The second kappa shape index (κ2) is 2.37. The van der Waals surface area contributed by atoms with Crippen LogP contribution in [0.5, 0.6) is 0 Å². The largest absolute Gasteiger partial charge is 0.324 e. The van der Waals surface area contributed by atoms with Gasteiger partial charge in [-0.1, -0.05) is 18.2 Å². The Morgan fingerprint density at radius 2 is 2.50 bits per heavy atom. The minimum absolute atomic E-state index is 0.187. The molecule has 0 aromatic rings. The smallest absolute Gasteiger partial charge is 0.0272 e. The molecule has 0 aromatic heterocycles. The van der Waals surface area contributed by atoms with Gasteiger partial charge in [0.2, 0.25) is 0 Å². The van der Waals surface area contributed by atoms with E-state index in [1.165, 1.54) is 0 Å². The Morgan fingerprint density at radius 1 is 1.75 bits per heavy atom. The van der Waals surface area contributed by atoms with Crippen molar-refractivity contribution in [1.82, 2.24) is 0 Å². The zero-order valence-corrected chi connectivity index (χ0v) is 5.44. The van der Waals surface area contributed by atoms with E-state index in [9.17, 15) is 0 Å². The Balaban J connectivity index is 2.59. The van der Waals surface area contributed by atoms with Crippen molar-refractivity contribution < 1.29 is 0 Å². The predicted molar refractivity (Wildman–Crippen MR) is 38.8 cm³/mol. The first-order valence-electron chi connectivity index (χ1n) is 2.61. The zero-order valence-electron chi connectivity index (χ0n) is 4.54. The topological polar surface area (TPSA) is 26.0 Å². The van der Waals surface area contributed by atoms with Gasteiger partial charge in [-0.05, 0) is 11.3 Å². The van der Waals surface area contributed by atoms with E-state index in [1.54, 1.807) is 0 Å². The number of rotatable bonds is 0. The van der Waals surface area contributed by atoms with Crippen molar-refractivity contribution in [1.29, 1.82) is 0 Å². The highest BCUT2D eigenvalue weighted by Gasteiger charge is 2.01. The van der Waals surface area contributed by atoms with E-state index in [1.807, 2.05) is 18.2 Å². The number of thiol groups is 1. The molecule has 0 aliphatic heterocycles. The summed E-state index contributed by atoms with van der Waals surface area (Å²) in [5.74, 6) is 0. The molecule has 0 saturated carbocycles. The van der Waals surface area contributed by atoms with E-state index >= 15 is 0 Å². The van der Waals surface area contributed by atoms with Crippen molar-refractivity contribution in [3.05, 3.63) is 23.1 Å². The van der Waals surface area contributed by atoms with E-state index in [-0.39, 0.29) is 6.04 Å². The molecule has 0 bridgehead atoms. The van der Waals surface area contributed by atoms with E-state index in [0.717, 1.165) is 11.3 Å². The highest BCUT2D eigenvalue weighted by Crippen LogP contribution is 2.13. The van der Waals surface area contributed by atoms with Crippen LogP contribution in [-0.2, 0) is 0 Å². The fraction of sp³-hybridized carbons (Fsp3) is 0.333. The van der Waals surface area contributed by atoms with Crippen LogP contribution < -0.4 is 5.73 Å². The molecule has 1 nitrogen and oxygen atoms in total. The summed E-state index contributed by atoms with van der Waals surface area (Å²) in [7, 11) is 0. The van der Waals surface area contributed by atoms with Gasteiger partial charge in [0.25, 0.3) is 0 Å². The monoisotopic (exact) mass is 127 g/mol. The van der Waals surface area contributed by atoms with E-state index in [4.69, 9.17) is 5.73 Å². The van der Waals surface area contributed by atoms with Crippen molar-refractivity contribution in [2.45, 2.75) is 12.5 Å². The summed E-state index contributed by atoms with van der Waals surface area (Å²) in [6.45, 7) is 0. The average Bonchev–Trinajstić information content (AvgIpc) is 1.64. The molecule has 0 heterocycles. The first kappa shape index (κ1) is 5.92. The van der Waals surface area contributed by atoms with Crippen LogP contribution in [0.15, 0.2) is 23.1 Å². The van der Waals surface area contributed by atoms with Gasteiger partial charge < -0.3 is 5.73 Å². The second-order valence-electron chi connectivity index (χ2n) is 1.91. The summed E-state index contributed by atoms with van der Waals surface area (Å²) in [4.78, 5) is 1.07. The number of nitrogens with two attached hydrogens (primary N) is 1. The van der Waals surface area contributed by atoms with E-state index in [2.05, 4.69) is 12.6 Å². The van der Waals surface area contributed by atoms with Gasteiger partial charge in [-0.3, -0.25) is 0 Å². The predicted octanol–water partition coefficient (Wildman–Crippen LogP) is 1.09. The van der Waals surface area contributed by atoms with Crippen LogP contribution in [0.4, 0.5) is 0 Å². The summed E-state index contributed by atoms with van der Waals surface area (Å²) in [5, 5.41) is 0. The third-order valence-corrected chi connectivity index (χ3v) is 1.42. The Hall–Kier alpha value is -0.210. The van der Waals surface area contributed by atoms with Gasteiger partial charge in [-0.25, -0.2) is 0 Å². The maximum atomic E-state index is 5.55. The van der Waals surface area contributed by atoms with Crippen molar-refractivity contribution in [3.8, 4) is 0 Å². The molecule has 0 saturated heterocycles. The van der Waals surface area contributed by atoms with Crippen molar-refractivity contribution in [2.75, 3.05) is 0 Å². The molecule has 8 heavy (non-hydrogen) atoms. The summed E-state index contributed by atoms with van der Waals surface area (Å²) in [6.07, 6.45) is 6.77. The lowest BCUT2D eigenvalue weighted by atomic mass is 10.1. The van der Waals surface area contributed by atoms with Gasteiger partial charge in [-0.15, -0.1) is 12.6 Å². The lowest BCUT2D eigenvalue weighted by Crippen LogP contribution is -2.17. The molecule has 1 rings (SSSR count). The third kappa shape index (κ3) is 1.39. The highest BCUT2D eigenvalue weighted by molar-refractivity contribution is 7.84. The Labute approximate surface area is 54.7 Å². The van der Waals surface area contributed by atoms with E-state index in [0.29, 0.717) is 0 Å². The van der Waals surface area contributed by atoms with Crippen LogP contribution in [0.1, 0.15) is 6.42 Å². The van der Waals surface area contributed by atoms with Crippen molar-refractivity contribution in [3.63, 3.8) is 0 Å². The maximum Gasteiger partial charge on any atom is 0.0272 e. The molecule has 1 aliphatic rings. The standard InChI is InChI=1S/C6H9NS/c7-5-2-1-3-6(8)4-5/h1-3,5,8H,4,7H2. The van der Waals surface area contributed by atoms with Crippen LogP contribution in [0.25, 0.3) is 0 Å². The minimum atomic E-state index is 0.187. The molecule has 2 heteroatoms. The Kier molecular flexibility index (Phi) is 1.76. The van der Waals surface area contributed by atoms with Crippen LogP contribution in [0.3, 0.4) is 0 Å². The molecule has 0 radical (unpaired) electrons. The van der Waals surface area contributed by atoms with Crippen LogP contribution in [0, 0.1) is 0 Å². The molecular weight excluding hydrogens is 118 g/mol.